The third-order valence-electron chi connectivity index (χ3n) is 8.16. The van der Waals surface area contributed by atoms with Crippen LogP contribution in [0.4, 0.5) is 14.6 Å². The number of carbonyl (C=O) groups excluding carboxylic acids is 1. The Labute approximate surface area is 276 Å². The molecule has 0 bridgehead atoms. The molecule has 0 spiro atoms. The Balaban J connectivity index is 1.91. The number of benzene rings is 2. The summed E-state index contributed by atoms with van der Waals surface area (Å²) in [6.45, 7) is 9.56. The van der Waals surface area contributed by atoms with Gasteiger partial charge >= 0.3 is 5.69 Å². The summed E-state index contributed by atoms with van der Waals surface area (Å²) in [5.41, 5.74) is -2.11. The molecule has 1 aliphatic heterocycles. The highest BCUT2D eigenvalue weighted by atomic mass is 32.2. The van der Waals surface area contributed by atoms with E-state index in [2.05, 4.69) is 16.5 Å². The first kappa shape index (κ1) is 34.8. The maximum absolute atomic E-state index is 16.3. The molecule has 48 heavy (non-hydrogen) atoms. The summed E-state index contributed by atoms with van der Waals surface area (Å²) in [5.74, 6) is -3.49. The van der Waals surface area contributed by atoms with Gasteiger partial charge in [0.1, 0.15) is 23.1 Å². The third-order valence-corrected chi connectivity index (χ3v) is 10.00. The summed E-state index contributed by atoms with van der Waals surface area (Å²) in [5, 5.41) is 5.25. The zero-order valence-corrected chi connectivity index (χ0v) is 28.3. The molecule has 1 amide bonds. The van der Waals surface area contributed by atoms with Crippen molar-refractivity contribution in [3.8, 4) is 16.9 Å². The minimum absolute atomic E-state index is 0.00598. The van der Waals surface area contributed by atoms with Crippen molar-refractivity contribution < 1.29 is 30.4 Å². The number of fused-ring (bicyclic) bond motifs is 1. The van der Waals surface area contributed by atoms with Crippen molar-refractivity contribution in [3.05, 3.63) is 88.4 Å². The second kappa shape index (κ2) is 12.8. The number of sulfonamides is 1. The van der Waals surface area contributed by atoms with E-state index in [-0.39, 0.29) is 64.5 Å². The molecule has 1 atom stereocenters. The van der Waals surface area contributed by atoms with E-state index < -0.39 is 60.2 Å². The van der Waals surface area contributed by atoms with Gasteiger partial charge in [0.25, 0.3) is 0 Å². The average molecular weight is 701 g/mol. The van der Waals surface area contributed by atoms with E-state index in [0.717, 1.165) is 23.0 Å². The van der Waals surface area contributed by atoms with E-state index in [9.17, 15) is 26.4 Å². The third kappa shape index (κ3) is 6.59. The lowest BCUT2D eigenvalue weighted by Crippen LogP contribution is -2.54. The summed E-state index contributed by atoms with van der Waals surface area (Å²) in [6.07, 6.45) is 2.17. The molecule has 2 aromatic carbocycles. The molecule has 4 aromatic rings. The van der Waals surface area contributed by atoms with E-state index >= 15 is 8.78 Å². The Morgan fingerprint density at radius 3 is 2.38 bits per heavy atom. The predicted molar refractivity (Wildman–Crippen MR) is 178 cm³/mol. The van der Waals surface area contributed by atoms with Crippen molar-refractivity contribution in [1.82, 2.24) is 19.4 Å². The highest BCUT2D eigenvalue weighted by molar-refractivity contribution is 7.90. The zero-order valence-electron chi connectivity index (χ0n) is 26.6. The fourth-order valence-corrected chi connectivity index (χ4v) is 7.58. The lowest BCUT2D eigenvalue weighted by atomic mass is 10.0. The molecule has 12 nitrogen and oxygen atoms in total. The minimum atomic E-state index is -4.20. The van der Waals surface area contributed by atoms with Gasteiger partial charge in [-0.25, -0.2) is 45.1 Å². The number of rotatable bonds is 8. The first-order valence-corrected chi connectivity index (χ1v) is 18.5. The van der Waals surface area contributed by atoms with Crippen molar-refractivity contribution in [2.75, 3.05) is 30.8 Å². The molecule has 1 fully saturated rings. The number of aromatic nitrogens is 3. The van der Waals surface area contributed by atoms with Crippen LogP contribution in [0.5, 0.6) is 0 Å². The van der Waals surface area contributed by atoms with Crippen LogP contribution in [0.3, 0.4) is 0 Å². The number of hydrogen-bond donors (Lipinski definition) is 1. The number of sulfone groups is 1. The largest absolute Gasteiger partial charge is 0.355 e. The Hall–Kier alpha value is -4.54. The number of nitrogens with two attached hydrogens (primary N) is 1. The van der Waals surface area contributed by atoms with Gasteiger partial charge in [0.05, 0.1) is 21.7 Å². The predicted octanol–water partition coefficient (Wildman–Crippen LogP) is 3.26. The molecule has 2 aromatic heterocycles. The fraction of sp³-hybridized carbons (Fsp3) is 0.312. The number of anilines is 1. The molecule has 2 N–H and O–H groups in total. The van der Waals surface area contributed by atoms with E-state index in [4.69, 9.17) is 5.14 Å². The van der Waals surface area contributed by atoms with Gasteiger partial charge in [-0.3, -0.25) is 4.79 Å². The number of amides is 1. The molecule has 1 aliphatic rings. The zero-order chi connectivity index (χ0) is 35.3. The summed E-state index contributed by atoms with van der Waals surface area (Å²) in [6, 6.07) is 8.60. The van der Waals surface area contributed by atoms with E-state index in [1.54, 1.807) is 36.6 Å². The number of hydrogen-bond acceptors (Lipinski definition) is 9. The molecule has 3 heterocycles. The molecule has 0 radical (unpaired) electrons. The van der Waals surface area contributed by atoms with E-state index in [1.165, 1.54) is 30.3 Å². The van der Waals surface area contributed by atoms with Crippen LogP contribution in [0, 0.1) is 11.6 Å². The van der Waals surface area contributed by atoms with Crippen molar-refractivity contribution in [2.45, 2.75) is 43.4 Å². The van der Waals surface area contributed by atoms with Gasteiger partial charge in [-0.1, -0.05) is 44.7 Å². The highest BCUT2D eigenvalue weighted by Crippen LogP contribution is 2.36. The summed E-state index contributed by atoms with van der Waals surface area (Å²) < 4.78 is 83.0. The Kier molecular flexibility index (Phi) is 9.29. The molecule has 0 aliphatic carbocycles. The molecule has 0 unspecified atom stereocenters. The minimum Gasteiger partial charge on any atom is -0.350 e. The molecular weight excluding hydrogens is 667 g/mol. The molecule has 16 heteroatoms. The van der Waals surface area contributed by atoms with Crippen molar-refractivity contribution in [3.63, 3.8) is 0 Å². The Morgan fingerprint density at radius 2 is 1.77 bits per heavy atom. The Bertz CT molecular complexity index is 2260. The number of piperazine rings is 1. The second-order valence-electron chi connectivity index (χ2n) is 12.0. The number of para-hydroxylation sites is 1. The quantitative estimate of drug-likeness (QED) is 0.272. The van der Waals surface area contributed by atoms with Crippen LogP contribution in [0.25, 0.3) is 28.0 Å². The van der Waals surface area contributed by atoms with Gasteiger partial charge in [-0.2, -0.15) is 4.98 Å². The first-order valence-electron chi connectivity index (χ1n) is 14.9. The highest BCUT2D eigenvalue weighted by Gasteiger charge is 2.32. The molecule has 5 rings (SSSR count). The van der Waals surface area contributed by atoms with Gasteiger partial charge in [0, 0.05) is 37.5 Å². The topological polar surface area (TPSA) is 166 Å². The SMILES string of the molecule is C=CC(=O)N1CCN(c2nc(=O)n(-c3c(C(C)C)cccc3S(C)(=O)=O)c3nc(-c4c(F)cccc4CS(N)(=O)=O)c(F)cc23)[C@@H](C)C1. The lowest BCUT2D eigenvalue weighted by molar-refractivity contribution is -0.126. The smallest absolute Gasteiger partial charge is 0.350 e. The first-order chi connectivity index (χ1) is 22.4. The van der Waals surface area contributed by atoms with Crippen molar-refractivity contribution >= 4 is 42.6 Å². The van der Waals surface area contributed by atoms with Crippen molar-refractivity contribution in [2.24, 2.45) is 5.14 Å². The van der Waals surface area contributed by atoms with Gasteiger partial charge < -0.3 is 9.80 Å². The molecule has 1 saturated heterocycles. The number of pyridine rings is 1. The van der Waals surface area contributed by atoms with Crippen molar-refractivity contribution in [1.29, 1.82) is 0 Å². The van der Waals surface area contributed by atoms with E-state index in [1.807, 2.05) is 0 Å². The second-order valence-corrected chi connectivity index (χ2v) is 15.6. The normalized spacial score (nSPS) is 15.7. The van der Waals surface area contributed by atoms with Crippen LogP contribution in [-0.4, -0.2) is 74.1 Å². The summed E-state index contributed by atoms with van der Waals surface area (Å²) in [7, 11) is -8.17. The number of primary sulfonamides is 1. The van der Waals surface area contributed by atoms with Crippen LogP contribution in [-0.2, 0) is 30.4 Å². The van der Waals surface area contributed by atoms with Crippen LogP contribution in [0.2, 0.25) is 0 Å². The average Bonchev–Trinajstić information content (AvgIpc) is 2.99. The summed E-state index contributed by atoms with van der Waals surface area (Å²) >= 11 is 0. The molecule has 0 saturated carbocycles. The number of nitrogens with zero attached hydrogens (tertiary/aromatic N) is 5. The molecular formula is C32H34F2N6O6S2. The maximum atomic E-state index is 16.3. The van der Waals surface area contributed by atoms with Gasteiger partial charge in [-0.15, -0.1) is 0 Å². The lowest BCUT2D eigenvalue weighted by Gasteiger charge is -2.40. The standard InChI is InChI=1S/C32H34F2N6O6S2/c1-6-26(41)38-13-14-39(19(4)16-38)30-22-15-24(34)28(27-20(17-48(35,45)46)9-7-11-23(27)33)36-31(22)40(32(42)37-30)29-21(18(2)3)10-8-12-25(29)47(5,43)44/h6-12,15,18-19H,1,13-14,16-17H2,2-5H3,(H2,35,45,46)/t19-/m0/s1. The number of halogens is 2. The maximum Gasteiger partial charge on any atom is 0.355 e. The monoisotopic (exact) mass is 700 g/mol. The van der Waals surface area contributed by atoms with Crippen LogP contribution in [0.1, 0.15) is 37.8 Å². The molecule has 254 valence electrons. The van der Waals surface area contributed by atoms with Gasteiger partial charge in [0.15, 0.2) is 15.5 Å². The van der Waals surface area contributed by atoms with E-state index in [0.29, 0.717) is 5.56 Å². The van der Waals surface area contributed by atoms with Gasteiger partial charge in [0.2, 0.25) is 15.9 Å². The van der Waals surface area contributed by atoms with Crippen LogP contribution < -0.4 is 15.7 Å². The van der Waals surface area contributed by atoms with Crippen LogP contribution >= 0.6 is 0 Å². The Morgan fingerprint density at radius 1 is 1.08 bits per heavy atom. The summed E-state index contributed by atoms with van der Waals surface area (Å²) in [4.78, 5) is 38.4. The van der Waals surface area contributed by atoms with Crippen LogP contribution in [0.15, 0.2) is 64.8 Å². The van der Waals surface area contributed by atoms with Gasteiger partial charge in [-0.05, 0) is 48.2 Å². The fourth-order valence-electron chi connectivity index (χ4n) is 6.02. The number of carbonyl (C=O) groups is 1.